The van der Waals surface area contributed by atoms with Crippen LogP contribution < -0.4 is 5.32 Å². The Morgan fingerprint density at radius 1 is 1.26 bits per heavy atom. The number of aromatic nitrogens is 3. The van der Waals surface area contributed by atoms with Gasteiger partial charge < -0.3 is 9.73 Å². The van der Waals surface area contributed by atoms with Crippen molar-refractivity contribution in [2.24, 2.45) is 0 Å². The number of nitrogens with zero attached hydrogens (tertiary/aromatic N) is 2. The van der Waals surface area contributed by atoms with Gasteiger partial charge in [-0.15, -0.1) is 0 Å². The standard InChI is InChI=1S/C17H16N4O2/c22-16(15-13-7-4-8-14(13)20-21-15)18-9-12-10-23-17(19-12)11-5-2-1-3-6-11/h1-3,5-6,10H,4,7-9H2,(H,18,22)(H,20,21). The van der Waals surface area contributed by atoms with Gasteiger partial charge in [-0.2, -0.15) is 5.10 Å². The Balaban J connectivity index is 1.43. The number of carbonyl (C=O) groups excluding carboxylic acids is 1. The van der Waals surface area contributed by atoms with Crippen LogP contribution in [0.5, 0.6) is 0 Å². The van der Waals surface area contributed by atoms with E-state index in [4.69, 9.17) is 4.42 Å². The Bertz CT molecular complexity index is 835. The third-order valence-electron chi connectivity index (χ3n) is 4.02. The number of benzene rings is 1. The van der Waals surface area contributed by atoms with Crippen molar-refractivity contribution in [2.75, 3.05) is 0 Å². The van der Waals surface area contributed by atoms with Gasteiger partial charge in [-0.3, -0.25) is 9.89 Å². The number of carbonyl (C=O) groups is 1. The van der Waals surface area contributed by atoms with Crippen LogP contribution >= 0.6 is 0 Å². The summed E-state index contributed by atoms with van der Waals surface area (Å²) >= 11 is 0. The first-order valence-corrected chi connectivity index (χ1v) is 7.65. The molecule has 2 aromatic heterocycles. The van der Waals surface area contributed by atoms with Gasteiger partial charge in [-0.1, -0.05) is 18.2 Å². The number of amides is 1. The number of fused-ring (bicyclic) bond motifs is 1. The number of hydrogen-bond donors (Lipinski definition) is 2. The van der Waals surface area contributed by atoms with Crippen LogP contribution in [0.3, 0.4) is 0 Å². The minimum Gasteiger partial charge on any atom is -0.444 e. The topological polar surface area (TPSA) is 83.8 Å². The molecular formula is C17H16N4O2. The molecule has 4 rings (SSSR count). The molecule has 0 saturated carbocycles. The number of hydrogen-bond acceptors (Lipinski definition) is 4. The van der Waals surface area contributed by atoms with Gasteiger partial charge in [0.15, 0.2) is 5.69 Å². The monoisotopic (exact) mass is 308 g/mol. The van der Waals surface area contributed by atoms with Crippen molar-refractivity contribution in [3.63, 3.8) is 0 Å². The first kappa shape index (κ1) is 13.8. The highest BCUT2D eigenvalue weighted by Crippen LogP contribution is 2.22. The molecular weight excluding hydrogens is 292 g/mol. The largest absolute Gasteiger partial charge is 0.444 e. The van der Waals surface area contributed by atoms with Gasteiger partial charge in [0.2, 0.25) is 5.89 Å². The highest BCUT2D eigenvalue weighted by atomic mass is 16.3. The lowest BCUT2D eigenvalue weighted by Crippen LogP contribution is -2.24. The predicted molar refractivity (Wildman–Crippen MR) is 83.7 cm³/mol. The number of aromatic amines is 1. The van der Waals surface area contributed by atoms with Crippen molar-refractivity contribution in [1.82, 2.24) is 20.5 Å². The molecule has 0 unspecified atom stereocenters. The molecule has 0 saturated heterocycles. The average molecular weight is 308 g/mol. The second-order valence-corrected chi connectivity index (χ2v) is 5.58. The maximum absolute atomic E-state index is 12.3. The van der Waals surface area contributed by atoms with Gasteiger partial charge in [-0.05, 0) is 31.4 Å². The maximum Gasteiger partial charge on any atom is 0.272 e. The average Bonchev–Trinajstić information content (AvgIpc) is 3.29. The molecule has 1 aliphatic carbocycles. The number of aryl methyl sites for hydroxylation is 1. The van der Waals surface area contributed by atoms with Crippen LogP contribution in [0.1, 0.15) is 33.9 Å². The van der Waals surface area contributed by atoms with Gasteiger partial charge in [0.25, 0.3) is 5.91 Å². The first-order valence-electron chi connectivity index (χ1n) is 7.65. The van der Waals surface area contributed by atoms with Gasteiger partial charge >= 0.3 is 0 Å². The minimum atomic E-state index is -0.173. The molecule has 0 fully saturated rings. The van der Waals surface area contributed by atoms with E-state index >= 15 is 0 Å². The Hall–Kier alpha value is -2.89. The maximum atomic E-state index is 12.3. The van der Waals surface area contributed by atoms with Gasteiger partial charge in [-0.25, -0.2) is 4.98 Å². The minimum absolute atomic E-state index is 0.173. The summed E-state index contributed by atoms with van der Waals surface area (Å²) in [6.07, 6.45) is 4.53. The molecule has 0 atom stereocenters. The van der Waals surface area contributed by atoms with Crippen LogP contribution in [0.4, 0.5) is 0 Å². The molecule has 2 heterocycles. The number of rotatable bonds is 4. The molecule has 1 aromatic carbocycles. The van der Waals surface area contributed by atoms with E-state index in [-0.39, 0.29) is 5.91 Å². The third kappa shape index (κ3) is 2.63. The van der Waals surface area contributed by atoms with Crippen LogP contribution in [0.25, 0.3) is 11.5 Å². The van der Waals surface area contributed by atoms with Crippen molar-refractivity contribution in [1.29, 1.82) is 0 Å². The second-order valence-electron chi connectivity index (χ2n) is 5.58. The molecule has 6 nitrogen and oxygen atoms in total. The molecule has 6 heteroatoms. The molecule has 0 bridgehead atoms. The summed E-state index contributed by atoms with van der Waals surface area (Å²) < 4.78 is 5.46. The van der Waals surface area contributed by atoms with Crippen LogP contribution in [-0.4, -0.2) is 21.1 Å². The molecule has 0 aliphatic heterocycles. The lowest BCUT2D eigenvalue weighted by atomic mass is 10.2. The van der Waals surface area contributed by atoms with E-state index in [1.165, 1.54) is 0 Å². The van der Waals surface area contributed by atoms with E-state index in [0.717, 1.165) is 36.1 Å². The SMILES string of the molecule is O=C(NCc1coc(-c2ccccc2)n1)c1n[nH]c2c1CCC2. The van der Waals surface area contributed by atoms with E-state index in [1.54, 1.807) is 6.26 Å². The first-order chi connectivity index (χ1) is 11.3. The normalized spacial score (nSPS) is 13.0. The molecule has 3 aromatic rings. The summed E-state index contributed by atoms with van der Waals surface area (Å²) in [5, 5.41) is 9.92. The summed E-state index contributed by atoms with van der Waals surface area (Å²) in [6, 6.07) is 9.66. The molecule has 1 amide bonds. The molecule has 0 spiro atoms. The fraction of sp³-hybridized carbons (Fsp3) is 0.235. The van der Waals surface area contributed by atoms with Crippen LogP contribution in [-0.2, 0) is 19.4 Å². The van der Waals surface area contributed by atoms with E-state index in [2.05, 4.69) is 20.5 Å². The number of H-pyrrole nitrogens is 1. The Labute approximate surface area is 132 Å². The van der Waals surface area contributed by atoms with Crippen molar-refractivity contribution >= 4 is 5.91 Å². The van der Waals surface area contributed by atoms with Crippen molar-refractivity contribution < 1.29 is 9.21 Å². The highest BCUT2D eigenvalue weighted by molar-refractivity contribution is 5.94. The van der Waals surface area contributed by atoms with Crippen LogP contribution in [0, 0.1) is 0 Å². The molecule has 2 N–H and O–H groups in total. The number of nitrogens with one attached hydrogen (secondary N) is 2. The second kappa shape index (κ2) is 5.72. The Morgan fingerprint density at radius 2 is 2.13 bits per heavy atom. The summed E-state index contributed by atoms with van der Waals surface area (Å²) in [5.74, 6) is 0.379. The van der Waals surface area contributed by atoms with Crippen molar-refractivity contribution in [3.05, 3.63) is 59.2 Å². The zero-order valence-electron chi connectivity index (χ0n) is 12.5. The van der Waals surface area contributed by atoms with E-state index in [0.29, 0.717) is 23.8 Å². The highest BCUT2D eigenvalue weighted by Gasteiger charge is 2.22. The quantitative estimate of drug-likeness (QED) is 0.775. The third-order valence-corrected chi connectivity index (χ3v) is 4.02. The zero-order valence-corrected chi connectivity index (χ0v) is 12.5. The fourth-order valence-electron chi connectivity index (χ4n) is 2.86. The van der Waals surface area contributed by atoms with Crippen LogP contribution in [0.15, 0.2) is 41.0 Å². The van der Waals surface area contributed by atoms with Crippen LogP contribution in [0.2, 0.25) is 0 Å². The Morgan fingerprint density at radius 3 is 3.00 bits per heavy atom. The molecule has 116 valence electrons. The van der Waals surface area contributed by atoms with E-state index < -0.39 is 0 Å². The van der Waals surface area contributed by atoms with Crippen molar-refractivity contribution in [3.8, 4) is 11.5 Å². The Kier molecular flexibility index (Phi) is 3.42. The smallest absolute Gasteiger partial charge is 0.272 e. The van der Waals surface area contributed by atoms with Gasteiger partial charge in [0.1, 0.15) is 6.26 Å². The van der Waals surface area contributed by atoms with E-state index in [9.17, 15) is 4.79 Å². The summed E-state index contributed by atoms with van der Waals surface area (Å²) in [6.45, 7) is 0.316. The zero-order chi connectivity index (χ0) is 15.6. The molecule has 23 heavy (non-hydrogen) atoms. The van der Waals surface area contributed by atoms with Gasteiger partial charge in [0.05, 0.1) is 12.2 Å². The molecule has 1 aliphatic rings. The van der Waals surface area contributed by atoms with Crippen molar-refractivity contribution in [2.45, 2.75) is 25.8 Å². The predicted octanol–water partition coefficient (Wildman–Crippen LogP) is 2.48. The lowest BCUT2D eigenvalue weighted by Gasteiger charge is -2.01. The summed E-state index contributed by atoms with van der Waals surface area (Å²) in [7, 11) is 0. The van der Waals surface area contributed by atoms with Gasteiger partial charge in [0, 0.05) is 16.8 Å². The molecule has 0 radical (unpaired) electrons. The lowest BCUT2D eigenvalue weighted by molar-refractivity contribution is 0.0944. The number of oxazole rings is 1. The van der Waals surface area contributed by atoms with E-state index in [1.807, 2.05) is 30.3 Å². The summed E-state index contributed by atoms with van der Waals surface area (Å²) in [4.78, 5) is 16.7. The summed E-state index contributed by atoms with van der Waals surface area (Å²) in [5.41, 5.74) is 4.24. The fourth-order valence-corrected chi connectivity index (χ4v) is 2.86.